The Bertz CT molecular complexity index is 740. The van der Waals surface area contributed by atoms with Crippen LogP contribution in [0.25, 0.3) is 0 Å². The first-order chi connectivity index (χ1) is 10.6. The minimum Gasteiger partial charge on any atom is -0.361 e. The molecule has 2 heterocycles. The minimum absolute atomic E-state index is 0.0246. The van der Waals surface area contributed by atoms with Crippen LogP contribution in [0.15, 0.2) is 44.5 Å². The number of Topliss-reactive ketones (excluding diaryl/α,β-unsaturated/α-hetero) is 1. The molecule has 0 spiro atoms. The first-order valence-corrected chi connectivity index (χ1v) is 9.27. The second-order valence-corrected chi connectivity index (χ2v) is 7.83. The first kappa shape index (κ1) is 14.5. The summed E-state index contributed by atoms with van der Waals surface area (Å²) < 4.78 is 14.0. The van der Waals surface area contributed by atoms with Crippen LogP contribution in [0.4, 0.5) is 4.39 Å². The molecule has 1 atom stereocenters. The van der Waals surface area contributed by atoms with Gasteiger partial charge in [0, 0.05) is 40.0 Å². The van der Waals surface area contributed by atoms with E-state index in [1.165, 1.54) is 16.7 Å². The zero-order chi connectivity index (χ0) is 15.3. The van der Waals surface area contributed by atoms with Crippen molar-refractivity contribution in [2.75, 3.05) is 5.75 Å². The third kappa shape index (κ3) is 2.26. The van der Waals surface area contributed by atoms with Crippen LogP contribution in [0, 0.1) is 5.82 Å². The quantitative estimate of drug-likeness (QED) is 0.770. The topological polar surface area (TPSA) is 29.1 Å². The Labute approximate surface area is 141 Å². The van der Waals surface area contributed by atoms with Gasteiger partial charge in [-0.2, -0.15) is 0 Å². The maximum atomic E-state index is 13.6. The van der Waals surface area contributed by atoms with Gasteiger partial charge in [-0.15, -0.1) is 11.8 Å². The predicted molar refractivity (Wildman–Crippen MR) is 90.0 cm³/mol. The normalized spacial score (nSPS) is 24.3. The summed E-state index contributed by atoms with van der Waals surface area (Å²) in [6.45, 7) is 0. The van der Waals surface area contributed by atoms with Gasteiger partial charge in [-0.25, -0.2) is 4.39 Å². The summed E-state index contributed by atoms with van der Waals surface area (Å²) in [5, 5.41) is 3.51. The van der Waals surface area contributed by atoms with Gasteiger partial charge in [-0.3, -0.25) is 4.79 Å². The molecule has 114 valence electrons. The van der Waals surface area contributed by atoms with Crippen molar-refractivity contribution in [3.8, 4) is 0 Å². The molecule has 1 aromatic carbocycles. The molecule has 1 N–H and O–H groups in total. The van der Waals surface area contributed by atoms with E-state index in [4.69, 9.17) is 0 Å². The van der Waals surface area contributed by atoms with Crippen molar-refractivity contribution in [1.29, 1.82) is 0 Å². The summed E-state index contributed by atoms with van der Waals surface area (Å²) in [5.74, 6) is 0.988. The fourth-order valence-corrected chi connectivity index (χ4v) is 5.18. The lowest BCUT2D eigenvalue weighted by Crippen LogP contribution is -2.30. The van der Waals surface area contributed by atoms with Crippen LogP contribution in [0.2, 0.25) is 0 Å². The lowest BCUT2D eigenvalue weighted by Gasteiger charge is -2.33. The molecule has 2 nitrogen and oxygen atoms in total. The van der Waals surface area contributed by atoms with E-state index in [0.717, 1.165) is 41.8 Å². The van der Waals surface area contributed by atoms with E-state index in [0.29, 0.717) is 10.9 Å². The zero-order valence-electron chi connectivity index (χ0n) is 11.9. The second-order valence-electron chi connectivity index (χ2n) is 5.84. The van der Waals surface area contributed by atoms with Crippen LogP contribution < -0.4 is 5.32 Å². The average Bonchev–Trinajstić information content (AvgIpc) is 2.96. The van der Waals surface area contributed by atoms with Crippen LogP contribution in [-0.4, -0.2) is 11.5 Å². The summed E-state index contributed by atoms with van der Waals surface area (Å²) in [7, 11) is 0. The van der Waals surface area contributed by atoms with Gasteiger partial charge in [-0.05, 0) is 52.9 Å². The van der Waals surface area contributed by atoms with Crippen LogP contribution in [-0.2, 0) is 4.79 Å². The number of dihydropyridines is 1. The van der Waals surface area contributed by atoms with Crippen LogP contribution in [0.3, 0.4) is 0 Å². The Morgan fingerprint density at radius 3 is 2.91 bits per heavy atom. The number of thioether (sulfide) groups is 1. The maximum absolute atomic E-state index is 13.6. The van der Waals surface area contributed by atoms with Gasteiger partial charge in [0.2, 0.25) is 0 Å². The average molecular weight is 380 g/mol. The largest absolute Gasteiger partial charge is 0.361 e. The van der Waals surface area contributed by atoms with E-state index in [2.05, 4.69) is 21.2 Å². The number of carbonyl (C=O) groups excluding carboxylic acids is 1. The molecule has 1 aromatic rings. The SMILES string of the molecule is O=C1CCCC2=C1C(c1ccc(F)c(Br)c1)C1=C(CCS1)N2. The molecule has 3 aliphatic rings. The van der Waals surface area contributed by atoms with E-state index in [1.807, 2.05) is 23.9 Å². The van der Waals surface area contributed by atoms with Gasteiger partial charge in [0.05, 0.1) is 4.47 Å². The highest BCUT2D eigenvalue weighted by Crippen LogP contribution is 2.50. The molecule has 0 saturated carbocycles. The number of ketones is 1. The minimum atomic E-state index is -0.268. The Kier molecular flexibility index (Phi) is 3.65. The van der Waals surface area contributed by atoms with Gasteiger partial charge in [0.15, 0.2) is 5.78 Å². The Balaban J connectivity index is 1.87. The lowest BCUT2D eigenvalue weighted by atomic mass is 9.79. The highest BCUT2D eigenvalue weighted by molar-refractivity contribution is 9.10. The number of nitrogens with one attached hydrogen (secondary N) is 1. The molecule has 22 heavy (non-hydrogen) atoms. The number of carbonyl (C=O) groups is 1. The third-order valence-corrected chi connectivity index (χ3v) is 6.30. The van der Waals surface area contributed by atoms with Crippen LogP contribution in [0.1, 0.15) is 37.2 Å². The zero-order valence-corrected chi connectivity index (χ0v) is 14.3. The molecule has 0 saturated heterocycles. The lowest BCUT2D eigenvalue weighted by molar-refractivity contribution is -0.116. The van der Waals surface area contributed by atoms with E-state index in [9.17, 15) is 9.18 Å². The molecule has 1 unspecified atom stereocenters. The summed E-state index contributed by atoms with van der Waals surface area (Å²) in [6.07, 6.45) is 3.48. The Morgan fingerprint density at radius 2 is 2.09 bits per heavy atom. The van der Waals surface area contributed by atoms with Crippen LogP contribution >= 0.6 is 27.7 Å². The van der Waals surface area contributed by atoms with Crippen molar-refractivity contribution >= 4 is 33.5 Å². The molecule has 5 heteroatoms. The van der Waals surface area contributed by atoms with E-state index in [1.54, 1.807) is 0 Å². The van der Waals surface area contributed by atoms with Crippen molar-refractivity contribution in [1.82, 2.24) is 5.32 Å². The fourth-order valence-electron chi connectivity index (χ4n) is 3.51. The summed E-state index contributed by atoms with van der Waals surface area (Å²) in [4.78, 5) is 13.8. The molecule has 0 amide bonds. The van der Waals surface area contributed by atoms with Crippen molar-refractivity contribution < 1.29 is 9.18 Å². The van der Waals surface area contributed by atoms with Gasteiger partial charge in [0.1, 0.15) is 5.82 Å². The van der Waals surface area contributed by atoms with E-state index in [-0.39, 0.29) is 17.5 Å². The number of allylic oxidation sites excluding steroid dienone is 4. The molecule has 2 aliphatic heterocycles. The fraction of sp³-hybridized carbons (Fsp3) is 0.353. The highest BCUT2D eigenvalue weighted by Gasteiger charge is 2.38. The molecule has 4 rings (SSSR count). The first-order valence-electron chi connectivity index (χ1n) is 7.49. The van der Waals surface area contributed by atoms with Crippen LogP contribution in [0.5, 0.6) is 0 Å². The van der Waals surface area contributed by atoms with Gasteiger partial charge >= 0.3 is 0 Å². The number of benzene rings is 1. The monoisotopic (exact) mass is 379 g/mol. The van der Waals surface area contributed by atoms with Gasteiger partial charge < -0.3 is 5.32 Å². The van der Waals surface area contributed by atoms with E-state index < -0.39 is 0 Å². The van der Waals surface area contributed by atoms with Crippen molar-refractivity contribution in [2.24, 2.45) is 0 Å². The van der Waals surface area contributed by atoms with E-state index >= 15 is 0 Å². The smallest absolute Gasteiger partial charge is 0.161 e. The highest BCUT2D eigenvalue weighted by atomic mass is 79.9. The molecule has 0 fully saturated rings. The number of halogens is 2. The Morgan fingerprint density at radius 1 is 1.23 bits per heavy atom. The van der Waals surface area contributed by atoms with Gasteiger partial charge in [-0.1, -0.05) is 6.07 Å². The Hall–Kier alpha value is -1.07. The summed E-state index contributed by atoms with van der Waals surface area (Å²) in [6, 6.07) is 5.11. The second kappa shape index (κ2) is 5.53. The molecule has 0 bridgehead atoms. The molecular formula is C17H15BrFNOS. The number of hydrogen-bond acceptors (Lipinski definition) is 3. The third-order valence-electron chi connectivity index (χ3n) is 4.49. The number of rotatable bonds is 1. The summed E-state index contributed by atoms with van der Waals surface area (Å²) >= 11 is 5.09. The standard InChI is InChI=1S/C17H15BrFNOS/c18-10-8-9(4-5-11(10)19)15-16-12(2-1-3-14(16)21)20-13-6-7-22-17(13)15/h4-5,8,15,20H,1-3,6-7H2. The van der Waals surface area contributed by atoms with Crippen molar-refractivity contribution in [3.63, 3.8) is 0 Å². The van der Waals surface area contributed by atoms with Crippen molar-refractivity contribution in [2.45, 2.75) is 31.6 Å². The maximum Gasteiger partial charge on any atom is 0.161 e. The molecular weight excluding hydrogens is 365 g/mol. The van der Waals surface area contributed by atoms with Gasteiger partial charge in [0.25, 0.3) is 0 Å². The molecule has 1 aliphatic carbocycles. The molecule has 0 aromatic heterocycles. The molecule has 0 radical (unpaired) electrons. The number of hydrogen-bond donors (Lipinski definition) is 1. The predicted octanol–water partition coefficient (Wildman–Crippen LogP) is 4.63. The summed E-state index contributed by atoms with van der Waals surface area (Å²) in [5.41, 5.74) is 4.24. The van der Waals surface area contributed by atoms with Crippen molar-refractivity contribution in [3.05, 3.63) is 55.9 Å².